The Bertz CT molecular complexity index is 737. The monoisotopic (exact) mass is 417 g/mol. The molecule has 9 heteroatoms. The van der Waals surface area contributed by atoms with Crippen LogP contribution in [0.4, 0.5) is 0 Å². The van der Waals surface area contributed by atoms with Gasteiger partial charge in [0, 0.05) is 77.6 Å². The SMILES string of the molecule is CN=C(NCCN1CCN(C(=O)C2CCC2)CC1)N1CCOC(c2cnn(C)c2)C1. The quantitative estimate of drug-likeness (QED) is 0.549. The van der Waals surface area contributed by atoms with Crippen LogP contribution in [0.5, 0.6) is 0 Å². The summed E-state index contributed by atoms with van der Waals surface area (Å²) in [4.78, 5) is 23.6. The summed E-state index contributed by atoms with van der Waals surface area (Å²) in [5.41, 5.74) is 1.10. The highest BCUT2D eigenvalue weighted by molar-refractivity contribution is 5.80. The molecule has 3 fully saturated rings. The number of rotatable bonds is 5. The number of morpholine rings is 1. The molecular formula is C21H35N7O2. The van der Waals surface area contributed by atoms with E-state index < -0.39 is 0 Å². The molecule has 0 bridgehead atoms. The summed E-state index contributed by atoms with van der Waals surface area (Å²) in [7, 11) is 3.76. The number of amides is 1. The standard InChI is InChI=1S/C21H35N7O2/c1-22-21(28-12-13-30-19(16-28)18-14-24-25(2)15-18)23-6-7-26-8-10-27(11-9-26)20(29)17-4-3-5-17/h14-15,17,19H,3-13,16H2,1-2H3,(H,22,23). The zero-order valence-corrected chi connectivity index (χ0v) is 18.3. The van der Waals surface area contributed by atoms with E-state index in [-0.39, 0.29) is 6.10 Å². The van der Waals surface area contributed by atoms with Crippen LogP contribution in [-0.4, -0.2) is 102 Å². The van der Waals surface area contributed by atoms with E-state index in [1.807, 2.05) is 31.2 Å². The van der Waals surface area contributed by atoms with Gasteiger partial charge in [0.15, 0.2) is 5.96 Å². The fourth-order valence-corrected chi connectivity index (χ4v) is 4.41. The third kappa shape index (κ3) is 4.95. The second-order valence-corrected chi connectivity index (χ2v) is 8.52. The highest BCUT2D eigenvalue weighted by Gasteiger charge is 2.31. The van der Waals surface area contributed by atoms with Crippen molar-refractivity contribution in [3.8, 4) is 0 Å². The van der Waals surface area contributed by atoms with Gasteiger partial charge in [-0.15, -0.1) is 0 Å². The molecule has 2 saturated heterocycles. The number of carbonyl (C=O) groups excluding carboxylic acids is 1. The number of aliphatic imine (C=N–C) groups is 1. The normalized spacial score (nSPS) is 24.1. The summed E-state index contributed by atoms with van der Waals surface area (Å²) in [5, 5.41) is 7.77. The van der Waals surface area contributed by atoms with Gasteiger partial charge >= 0.3 is 0 Å². The van der Waals surface area contributed by atoms with E-state index in [2.05, 4.69) is 30.1 Å². The van der Waals surface area contributed by atoms with Crippen molar-refractivity contribution in [3.63, 3.8) is 0 Å². The van der Waals surface area contributed by atoms with Gasteiger partial charge in [-0.2, -0.15) is 5.10 Å². The number of aromatic nitrogens is 2. The first kappa shape index (κ1) is 21.1. The minimum atomic E-state index is 0.0206. The van der Waals surface area contributed by atoms with Crippen molar-refractivity contribution in [2.24, 2.45) is 18.0 Å². The van der Waals surface area contributed by atoms with Crippen molar-refractivity contribution in [1.82, 2.24) is 29.8 Å². The molecule has 2 aliphatic heterocycles. The summed E-state index contributed by atoms with van der Waals surface area (Å²) >= 11 is 0. The molecular weight excluding hydrogens is 382 g/mol. The van der Waals surface area contributed by atoms with Crippen molar-refractivity contribution in [1.29, 1.82) is 0 Å². The van der Waals surface area contributed by atoms with Gasteiger partial charge in [0.25, 0.3) is 0 Å². The van der Waals surface area contributed by atoms with Crippen LogP contribution in [0, 0.1) is 5.92 Å². The molecule has 1 atom stereocenters. The van der Waals surface area contributed by atoms with E-state index in [1.165, 1.54) is 6.42 Å². The van der Waals surface area contributed by atoms with E-state index in [0.717, 1.165) is 76.7 Å². The lowest BCUT2D eigenvalue weighted by molar-refractivity contribution is -0.139. The molecule has 9 nitrogen and oxygen atoms in total. The summed E-state index contributed by atoms with van der Waals surface area (Å²) in [6.07, 6.45) is 7.30. The number of ether oxygens (including phenoxy) is 1. The lowest BCUT2D eigenvalue weighted by Crippen LogP contribution is -2.53. The topological polar surface area (TPSA) is 78.2 Å². The highest BCUT2D eigenvalue weighted by Crippen LogP contribution is 2.28. The highest BCUT2D eigenvalue weighted by atomic mass is 16.5. The van der Waals surface area contributed by atoms with Gasteiger partial charge in [-0.25, -0.2) is 0 Å². The van der Waals surface area contributed by atoms with Crippen molar-refractivity contribution in [2.45, 2.75) is 25.4 Å². The number of nitrogens with one attached hydrogen (secondary N) is 1. The number of carbonyl (C=O) groups is 1. The largest absolute Gasteiger partial charge is 0.370 e. The molecule has 1 aromatic rings. The van der Waals surface area contributed by atoms with Crippen LogP contribution < -0.4 is 5.32 Å². The van der Waals surface area contributed by atoms with Crippen LogP contribution in [0.1, 0.15) is 30.9 Å². The molecule has 0 aromatic carbocycles. The second-order valence-electron chi connectivity index (χ2n) is 8.52. The minimum Gasteiger partial charge on any atom is -0.370 e. The summed E-state index contributed by atoms with van der Waals surface area (Å²) in [6, 6.07) is 0. The van der Waals surface area contributed by atoms with E-state index in [1.54, 1.807) is 0 Å². The maximum Gasteiger partial charge on any atom is 0.225 e. The first-order valence-corrected chi connectivity index (χ1v) is 11.2. The Morgan fingerprint density at radius 1 is 1.23 bits per heavy atom. The fourth-order valence-electron chi connectivity index (χ4n) is 4.41. The minimum absolute atomic E-state index is 0.0206. The van der Waals surface area contributed by atoms with Gasteiger partial charge in [0.05, 0.1) is 19.3 Å². The average Bonchev–Trinajstić information content (AvgIpc) is 3.17. The number of nitrogens with zero attached hydrogens (tertiary/aromatic N) is 6. The van der Waals surface area contributed by atoms with Crippen LogP contribution in [-0.2, 0) is 16.6 Å². The number of hydrogen-bond donors (Lipinski definition) is 1. The first-order valence-electron chi connectivity index (χ1n) is 11.2. The zero-order chi connectivity index (χ0) is 20.9. The van der Waals surface area contributed by atoms with E-state index in [0.29, 0.717) is 18.4 Å². The lowest BCUT2D eigenvalue weighted by Gasteiger charge is -2.38. The maximum absolute atomic E-state index is 12.4. The predicted octanol–water partition coefficient (Wildman–Crippen LogP) is 0.313. The van der Waals surface area contributed by atoms with E-state index in [9.17, 15) is 4.79 Å². The molecule has 1 aromatic heterocycles. The summed E-state index contributed by atoms with van der Waals surface area (Å²) in [5.74, 6) is 1.62. The van der Waals surface area contributed by atoms with Gasteiger partial charge in [-0.1, -0.05) is 6.42 Å². The number of aryl methyl sites for hydroxylation is 1. The molecule has 1 aliphatic carbocycles. The van der Waals surface area contributed by atoms with Crippen LogP contribution in [0.2, 0.25) is 0 Å². The number of piperazine rings is 1. The molecule has 1 saturated carbocycles. The van der Waals surface area contributed by atoms with E-state index >= 15 is 0 Å². The Morgan fingerprint density at radius 2 is 2.03 bits per heavy atom. The molecule has 1 unspecified atom stereocenters. The Hall–Kier alpha value is -2.13. The molecule has 30 heavy (non-hydrogen) atoms. The Balaban J connectivity index is 1.19. The molecule has 3 heterocycles. The summed E-state index contributed by atoms with van der Waals surface area (Å²) < 4.78 is 7.75. The molecule has 0 radical (unpaired) electrons. The van der Waals surface area contributed by atoms with Crippen LogP contribution >= 0.6 is 0 Å². The van der Waals surface area contributed by atoms with Gasteiger partial charge < -0.3 is 19.9 Å². The second kappa shape index (κ2) is 9.78. The first-order chi connectivity index (χ1) is 14.6. The fraction of sp³-hybridized carbons (Fsp3) is 0.762. The van der Waals surface area contributed by atoms with Crippen molar-refractivity contribution >= 4 is 11.9 Å². The molecule has 0 spiro atoms. The molecule has 4 rings (SSSR count). The Labute approximate surface area is 179 Å². The predicted molar refractivity (Wildman–Crippen MR) is 115 cm³/mol. The number of guanidine groups is 1. The van der Waals surface area contributed by atoms with Gasteiger partial charge in [-0.05, 0) is 12.8 Å². The smallest absolute Gasteiger partial charge is 0.225 e. The van der Waals surface area contributed by atoms with Crippen LogP contribution in [0.25, 0.3) is 0 Å². The molecule has 1 N–H and O–H groups in total. The van der Waals surface area contributed by atoms with E-state index in [4.69, 9.17) is 4.74 Å². The molecule has 166 valence electrons. The van der Waals surface area contributed by atoms with Crippen LogP contribution in [0.3, 0.4) is 0 Å². The summed E-state index contributed by atoms with van der Waals surface area (Å²) in [6.45, 7) is 7.72. The van der Waals surface area contributed by atoms with Gasteiger partial charge in [0.1, 0.15) is 6.10 Å². The Kier molecular flexibility index (Phi) is 6.89. The molecule has 1 amide bonds. The third-order valence-electron chi connectivity index (χ3n) is 6.52. The molecule has 3 aliphatic rings. The maximum atomic E-state index is 12.4. The lowest BCUT2D eigenvalue weighted by atomic mass is 9.84. The Morgan fingerprint density at radius 3 is 2.67 bits per heavy atom. The van der Waals surface area contributed by atoms with Crippen molar-refractivity contribution in [3.05, 3.63) is 18.0 Å². The third-order valence-corrected chi connectivity index (χ3v) is 6.52. The van der Waals surface area contributed by atoms with Crippen molar-refractivity contribution in [2.75, 3.05) is 66.0 Å². The average molecular weight is 418 g/mol. The zero-order valence-electron chi connectivity index (χ0n) is 18.3. The van der Waals surface area contributed by atoms with Crippen LogP contribution in [0.15, 0.2) is 17.4 Å². The van der Waals surface area contributed by atoms with Gasteiger partial charge in [-0.3, -0.25) is 19.4 Å². The van der Waals surface area contributed by atoms with Gasteiger partial charge in [0.2, 0.25) is 5.91 Å². The number of hydrogen-bond acceptors (Lipinski definition) is 5. The van der Waals surface area contributed by atoms with Crippen molar-refractivity contribution < 1.29 is 9.53 Å².